The minimum absolute atomic E-state index is 0.240. The van der Waals surface area contributed by atoms with Crippen LogP contribution in [-0.2, 0) is 16.6 Å². The summed E-state index contributed by atoms with van der Waals surface area (Å²) < 4.78 is 26.7. The number of nitrogens with zero attached hydrogens (tertiary/aromatic N) is 2. The number of hydrogen-bond donors (Lipinski definition) is 2. The number of para-hydroxylation sites is 1. The number of hydrogen-bond acceptors (Lipinski definition) is 4. The number of carbonyl (C=O) groups excluding carboxylic acids is 1. The van der Waals surface area contributed by atoms with Gasteiger partial charge in [0.25, 0.3) is 5.91 Å². The number of carbonyl (C=O) groups is 1. The normalized spacial score (nSPS) is 11.1. The van der Waals surface area contributed by atoms with Crippen LogP contribution in [0, 0.1) is 0 Å². The molecule has 1 aromatic heterocycles. The quantitative estimate of drug-likeness (QED) is 0.695. The Morgan fingerprint density at radius 1 is 1.12 bits per heavy atom. The number of sulfonamides is 1. The first-order valence-corrected chi connectivity index (χ1v) is 9.74. The van der Waals surface area contributed by atoms with E-state index in [1.807, 2.05) is 35.0 Å². The highest BCUT2D eigenvalue weighted by atomic mass is 32.2. The molecule has 3 aromatic rings. The van der Waals surface area contributed by atoms with Crippen LogP contribution in [-0.4, -0.2) is 30.1 Å². The molecule has 0 spiro atoms. The van der Waals surface area contributed by atoms with Gasteiger partial charge in [-0.1, -0.05) is 18.2 Å². The lowest BCUT2D eigenvalue weighted by molar-refractivity contribution is 0.0951. The molecule has 0 saturated heterocycles. The molecule has 0 aliphatic rings. The summed E-state index contributed by atoms with van der Waals surface area (Å²) in [6.45, 7) is 0.358. The van der Waals surface area contributed by atoms with Crippen molar-refractivity contribution in [3.8, 4) is 5.69 Å². The second-order valence-corrected chi connectivity index (χ2v) is 7.48. The molecule has 0 unspecified atom stereocenters. The van der Waals surface area contributed by atoms with Gasteiger partial charge in [-0.15, -0.1) is 0 Å². The van der Waals surface area contributed by atoms with E-state index in [4.69, 9.17) is 0 Å². The molecule has 0 aliphatic heterocycles. The number of benzene rings is 2. The van der Waals surface area contributed by atoms with E-state index in [1.54, 1.807) is 36.8 Å². The molecule has 2 aromatic carbocycles. The molecule has 0 aliphatic carbocycles. The molecule has 0 saturated carbocycles. The second kappa shape index (κ2) is 7.40. The van der Waals surface area contributed by atoms with E-state index < -0.39 is 10.0 Å². The summed E-state index contributed by atoms with van der Waals surface area (Å²) in [5.74, 6) is -0.240. The van der Waals surface area contributed by atoms with Crippen LogP contribution in [0.1, 0.15) is 15.9 Å². The van der Waals surface area contributed by atoms with Crippen molar-refractivity contribution >= 4 is 21.6 Å². The van der Waals surface area contributed by atoms with Crippen molar-refractivity contribution in [3.63, 3.8) is 0 Å². The van der Waals surface area contributed by atoms with Crippen LogP contribution in [0.3, 0.4) is 0 Å². The summed E-state index contributed by atoms with van der Waals surface area (Å²) >= 11 is 0. The van der Waals surface area contributed by atoms with E-state index in [2.05, 4.69) is 15.0 Å². The number of rotatable bonds is 6. The number of nitrogens with one attached hydrogen (secondary N) is 2. The van der Waals surface area contributed by atoms with Crippen molar-refractivity contribution < 1.29 is 13.2 Å². The van der Waals surface area contributed by atoms with Gasteiger partial charge in [0.2, 0.25) is 10.0 Å². The Bertz CT molecular complexity index is 997. The summed E-state index contributed by atoms with van der Waals surface area (Å²) in [6.07, 6.45) is 6.31. The van der Waals surface area contributed by atoms with Crippen molar-refractivity contribution in [1.29, 1.82) is 0 Å². The first-order valence-electron chi connectivity index (χ1n) is 7.85. The van der Waals surface area contributed by atoms with E-state index in [-0.39, 0.29) is 5.91 Å². The summed E-state index contributed by atoms with van der Waals surface area (Å²) in [7, 11) is -3.34. The third-order valence-corrected chi connectivity index (χ3v) is 4.27. The first kappa shape index (κ1) is 17.7. The lowest BCUT2D eigenvalue weighted by Gasteiger charge is -2.11. The van der Waals surface area contributed by atoms with Crippen molar-refractivity contribution in [3.05, 3.63) is 78.4 Å². The predicted molar refractivity (Wildman–Crippen MR) is 99.6 cm³/mol. The standard InChI is InChI=1S/C18H18N4O3S/c1-26(24,25)21-16-8-6-14(7-9-16)18(23)20-12-15-4-2-3-5-17(15)22-11-10-19-13-22/h2-11,13,21H,12H2,1H3,(H,20,23). The van der Waals surface area contributed by atoms with E-state index in [0.717, 1.165) is 17.5 Å². The Hall–Kier alpha value is -3.13. The van der Waals surface area contributed by atoms with Crippen LogP contribution in [0.4, 0.5) is 5.69 Å². The highest BCUT2D eigenvalue weighted by Crippen LogP contribution is 2.15. The van der Waals surface area contributed by atoms with Crippen molar-refractivity contribution in [2.45, 2.75) is 6.54 Å². The SMILES string of the molecule is CS(=O)(=O)Nc1ccc(C(=O)NCc2ccccc2-n2ccnc2)cc1. The van der Waals surface area contributed by atoms with Crippen LogP contribution in [0.5, 0.6) is 0 Å². The topological polar surface area (TPSA) is 93.1 Å². The molecule has 0 radical (unpaired) electrons. The third-order valence-electron chi connectivity index (χ3n) is 3.66. The molecule has 0 atom stereocenters. The van der Waals surface area contributed by atoms with Gasteiger partial charge >= 0.3 is 0 Å². The average molecular weight is 370 g/mol. The van der Waals surface area contributed by atoms with Gasteiger partial charge in [0.15, 0.2) is 0 Å². The van der Waals surface area contributed by atoms with Gasteiger partial charge in [-0.05, 0) is 35.9 Å². The zero-order valence-electron chi connectivity index (χ0n) is 14.1. The fourth-order valence-electron chi connectivity index (χ4n) is 2.50. The Morgan fingerprint density at radius 2 is 1.85 bits per heavy atom. The van der Waals surface area contributed by atoms with Crippen molar-refractivity contribution in [2.24, 2.45) is 0 Å². The van der Waals surface area contributed by atoms with Gasteiger partial charge in [-0.25, -0.2) is 13.4 Å². The first-order chi connectivity index (χ1) is 12.4. The zero-order chi connectivity index (χ0) is 18.6. The monoisotopic (exact) mass is 370 g/mol. The minimum atomic E-state index is -3.34. The highest BCUT2D eigenvalue weighted by molar-refractivity contribution is 7.92. The van der Waals surface area contributed by atoms with Gasteiger partial charge in [-0.3, -0.25) is 9.52 Å². The molecule has 1 heterocycles. The number of aromatic nitrogens is 2. The Morgan fingerprint density at radius 3 is 2.50 bits per heavy atom. The molecular weight excluding hydrogens is 352 g/mol. The lowest BCUT2D eigenvalue weighted by atomic mass is 10.1. The van der Waals surface area contributed by atoms with Gasteiger partial charge in [0, 0.05) is 30.2 Å². The smallest absolute Gasteiger partial charge is 0.251 e. The van der Waals surface area contributed by atoms with Crippen molar-refractivity contribution in [2.75, 3.05) is 11.0 Å². The highest BCUT2D eigenvalue weighted by Gasteiger charge is 2.09. The molecule has 134 valence electrons. The van der Waals surface area contributed by atoms with Crippen LogP contribution >= 0.6 is 0 Å². The third kappa shape index (κ3) is 4.48. The maximum absolute atomic E-state index is 12.3. The Kier molecular flexibility index (Phi) is 5.04. The van der Waals surface area contributed by atoms with Gasteiger partial charge < -0.3 is 9.88 Å². The summed E-state index contributed by atoms with van der Waals surface area (Å²) in [5.41, 5.74) is 2.76. The number of imidazole rings is 1. The molecule has 1 amide bonds. The second-order valence-electron chi connectivity index (χ2n) is 5.73. The molecular formula is C18H18N4O3S. The van der Waals surface area contributed by atoms with E-state index in [0.29, 0.717) is 17.8 Å². The summed E-state index contributed by atoms with van der Waals surface area (Å²) in [5, 5.41) is 2.87. The molecule has 2 N–H and O–H groups in total. The average Bonchev–Trinajstić information content (AvgIpc) is 3.13. The summed E-state index contributed by atoms with van der Waals surface area (Å²) in [6, 6.07) is 14.0. The Labute approximate surface area is 151 Å². The predicted octanol–water partition coefficient (Wildman–Crippen LogP) is 2.17. The molecule has 0 bridgehead atoms. The molecule has 8 heteroatoms. The minimum Gasteiger partial charge on any atom is -0.348 e. The fraction of sp³-hybridized carbons (Fsp3) is 0.111. The van der Waals surface area contributed by atoms with Crippen LogP contribution < -0.4 is 10.0 Å². The van der Waals surface area contributed by atoms with Crippen LogP contribution in [0.25, 0.3) is 5.69 Å². The maximum atomic E-state index is 12.3. The largest absolute Gasteiger partial charge is 0.348 e. The van der Waals surface area contributed by atoms with Crippen molar-refractivity contribution in [1.82, 2.24) is 14.9 Å². The molecule has 0 fully saturated rings. The van der Waals surface area contributed by atoms with Crippen LogP contribution in [0.15, 0.2) is 67.3 Å². The summed E-state index contributed by atoms with van der Waals surface area (Å²) in [4.78, 5) is 16.4. The maximum Gasteiger partial charge on any atom is 0.251 e. The lowest BCUT2D eigenvalue weighted by Crippen LogP contribution is -2.23. The molecule has 7 nitrogen and oxygen atoms in total. The molecule has 3 rings (SSSR count). The molecule has 26 heavy (non-hydrogen) atoms. The van der Waals surface area contributed by atoms with E-state index in [1.165, 1.54) is 0 Å². The van der Waals surface area contributed by atoms with Gasteiger partial charge in [-0.2, -0.15) is 0 Å². The Balaban J connectivity index is 1.68. The van der Waals surface area contributed by atoms with Gasteiger partial charge in [0.05, 0.1) is 18.3 Å². The van der Waals surface area contributed by atoms with Gasteiger partial charge in [0.1, 0.15) is 0 Å². The fourth-order valence-corrected chi connectivity index (χ4v) is 3.06. The van der Waals surface area contributed by atoms with Crippen LogP contribution in [0.2, 0.25) is 0 Å². The number of amides is 1. The van der Waals surface area contributed by atoms with E-state index in [9.17, 15) is 13.2 Å². The van der Waals surface area contributed by atoms with E-state index >= 15 is 0 Å². The zero-order valence-corrected chi connectivity index (χ0v) is 14.9. The number of anilines is 1.